The highest BCUT2D eigenvalue weighted by molar-refractivity contribution is 5.38. The van der Waals surface area contributed by atoms with E-state index in [1.165, 1.54) is 56.1 Å². The molecule has 0 saturated heterocycles. The average molecular weight is 323 g/mol. The third kappa shape index (κ3) is 4.21. The summed E-state index contributed by atoms with van der Waals surface area (Å²) in [6.45, 7) is 9.15. The Kier molecular flexibility index (Phi) is 5.33. The predicted molar refractivity (Wildman–Crippen MR) is 105 cm³/mol. The van der Waals surface area contributed by atoms with Crippen molar-refractivity contribution in [3.63, 3.8) is 0 Å². The first kappa shape index (κ1) is 17.5. The minimum Gasteiger partial charge on any atom is -0.0741 e. The van der Waals surface area contributed by atoms with Gasteiger partial charge in [0.05, 0.1) is 0 Å². The number of unbranched alkanes of at least 4 members (excludes halogenated alkanes) is 1. The molecule has 0 aromatic heterocycles. The standard InChI is InChI=1S/C24H34/c1-5-6-7-19-14-21-16-20(17-22(21)15-19)9-8-18-10-12-23(13-11-18)24(2,3)4/h10-15,20-21H,5-9,16-17H2,1-4H3/t20-,21?/m1/s1. The fourth-order valence-corrected chi connectivity index (χ4v) is 4.26. The number of allylic oxidation sites excluding steroid dienone is 4. The summed E-state index contributed by atoms with van der Waals surface area (Å²) in [7, 11) is 0. The Morgan fingerprint density at radius 3 is 2.42 bits per heavy atom. The normalized spacial score (nSPS) is 23.2. The van der Waals surface area contributed by atoms with Gasteiger partial charge in [0, 0.05) is 0 Å². The van der Waals surface area contributed by atoms with Crippen LogP contribution in [0.3, 0.4) is 0 Å². The molecule has 0 heterocycles. The largest absolute Gasteiger partial charge is 0.0741 e. The zero-order chi connectivity index (χ0) is 17.2. The highest BCUT2D eigenvalue weighted by atomic mass is 14.4. The summed E-state index contributed by atoms with van der Waals surface area (Å²) in [5.74, 6) is 1.68. The van der Waals surface area contributed by atoms with Gasteiger partial charge in [0.15, 0.2) is 0 Å². The highest BCUT2D eigenvalue weighted by Crippen LogP contribution is 2.44. The number of fused-ring (bicyclic) bond motifs is 1. The molecule has 24 heavy (non-hydrogen) atoms. The van der Waals surface area contributed by atoms with Crippen LogP contribution in [-0.4, -0.2) is 0 Å². The maximum Gasteiger partial charge on any atom is -0.00114 e. The quantitative estimate of drug-likeness (QED) is 0.529. The van der Waals surface area contributed by atoms with Crippen LogP contribution in [0.15, 0.2) is 47.6 Å². The highest BCUT2D eigenvalue weighted by Gasteiger charge is 2.30. The van der Waals surface area contributed by atoms with Gasteiger partial charge in [0.1, 0.15) is 0 Å². The van der Waals surface area contributed by atoms with Crippen molar-refractivity contribution >= 4 is 0 Å². The van der Waals surface area contributed by atoms with Gasteiger partial charge >= 0.3 is 0 Å². The van der Waals surface area contributed by atoms with Crippen LogP contribution in [0.5, 0.6) is 0 Å². The monoisotopic (exact) mass is 322 g/mol. The van der Waals surface area contributed by atoms with Crippen molar-refractivity contribution in [3.05, 3.63) is 58.7 Å². The first-order valence-electron chi connectivity index (χ1n) is 9.96. The number of rotatable bonds is 6. The molecule has 0 radical (unpaired) electrons. The van der Waals surface area contributed by atoms with Crippen molar-refractivity contribution in [1.29, 1.82) is 0 Å². The van der Waals surface area contributed by atoms with Gasteiger partial charge in [-0.05, 0) is 66.9 Å². The molecule has 0 nitrogen and oxygen atoms in total. The molecule has 2 aliphatic carbocycles. The molecule has 1 unspecified atom stereocenters. The van der Waals surface area contributed by atoms with E-state index in [9.17, 15) is 0 Å². The number of hydrogen-bond acceptors (Lipinski definition) is 0. The van der Waals surface area contributed by atoms with Crippen LogP contribution in [0.2, 0.25) is 0 Å². The van der Waals surface area contributed by atoms with Gasteiger partial charge in [-0.3, -0.25) is 0 Å². The Balaban J connectivity index is 1.48. The molecule has 0 bridgehead atoms. The summed E-state index contributed by atoms with van der Waals surface area (Å²) in [6, 6.07) is 9.34. The molecule has 1 aromatic rings. The van der Waals surface area contributed by atoms with Crippen molar-refractivity contribution in [2.24, 2.45) is 11.8 Å². The molecule has 0 N–H and O–H groups in total. The van der Waals surface area contributed by atoms with Crippen LogP contribution < -0.4 is 0 Å². The Morgan fingerprint density at radius 1 is 1.04 bits per heavy atom. The van der Waals surface area contributed by atoms with Crippen molar-refractivity contribution in [2.75, 3.05) is 0 Å². The van der Waals surface area contributed by atoms with E-state index in [4.69, 9.17) is 0 Å². The van der Waals surface area contributed by atoms with Crippen LogP contribution >= 0.6 is 0 Å². The summed E-state index contributed by atoms with van der Waals surface area (Å²) >= 11 is 0. The smallest absolute Gasteiger partial charge is 0.00114 e. The van der Waals surface area contributed by atoms with E-state index >= 15 is 0 Å². The minimum atomic E-state index is 0.260. The van der Waals surface area contributed by atoms with Gasteiger partial charge in [0.2, 0.25) is 0 Å². The van der Waals surface area contributed by atoms with Gasteiger partial charge < -0.3 is 0 Å². The fraction of sp³-hybridized carbons (Fsp3) is 0.583. The lowest BCUT2D eigenvalue weighted by Gasteiger charge is -2.19. The zero-order valence-electron chi connectivity index (χ0n) is 16.1. The first-order chi connectivity index (χ1) is 11.5. The summed E-state index contributed by atoms with van der Waals surface area (Å²) < 4.78 is 0. The van der Waals surface area contributed by atoms with Crippen LogP contribution in [-0.2, 0) is 11.8 Å². The second-order valence-electron chi connectivity index (χ2n) is 8.96. The van der Waals surface area contributed by atoms with Gasteiger partial charge in [0.25, 0.3) is 0 Å². The van der Waals surface area contributed by atoms with Crippen molar-refractivity contribution < 1.29 is 0 Å². The second kappa shape index (κ2) is 7.30. The van der Waals surface area contributed by atoms with E-state index in [0.29, 0.717) is 0 Å². The fourth-order valence-electron chi connectivity index (χ4n) is 4.26. The van der Waals surface area contributed by atoms with Crippen LogP contribution in [0.25, 0.3) is 0 Å². The van der Waals surface area contributed by atoms with Crippen molar-refractivity contribution in [2.45, 2.75) is 78.1 Å². The Hall–Kier alpha value is -1.30. The third-order valence-electron chi connectivity index (χ3n) is 5.85. The molecule has 1 saturated carbocycles. The van der Waals surface area contributed by atoms with E-state index in [0.717, 1.165) is 11.8 Å². The molecular formula is C24H34. The van der Waals surface area contributed by atoms with Gasteiger partial charge in [-0.15, -0.1) is 0 Å². The molecule has 2 atom stereocenters. The zero-order valence-corrected chi connectivity index (χ0v) is 16.1. The van der Waals surface area contributed by atoms with Crippen LogP contribution in [0, 0.1) is 11.8 Å². The van der Waals surface area contributed by atoms with Crippen molar-refractivity contribution in [1.82, 2.24) is 0 Å². The summed E-state index contributed by atoms with van der Waals surface area (Å²) in [5, 5.41) is 0. The average Bonchev–Trinajstić information content (AvgIpc) is 3.08. The minimum absolute atomic E-state index is 0.260. The molecule has 1 aromatic carbocycles. The molecule has 0 amide bonds. The topological polar surface area (TPSA) is 0 Å². The summed E-state index contributed by atoms with van der Waals surface area (Å²) in [5.41, 5.74) is 6.56. The SMILES string of the molecule is CCCCC1=CC2C[C@@H](CCc3ccc(C(C)(C)C)cc3)CC2=C1. The molecule has 2 aliphatic rings. The van der Waals surface area contributed by atoms with E-state index in [1.54, 1.807) is 11.1 Å². The van der Waals surface area contributed by atoms with E-state index in [-0.39, 0.29) is 5.41 Å². The molecule has 0 heteroatoms. The van der Waals surface area contributed by atoms with Gasteiger partial charge in [-0.2, -0.15) is 0 Å². The van der Waals surface area contributed by atoms with Crippen LogP contribution in [0.1, 0.15) is 77.3 Å². The lowest BCUT2D eigenvalue weighted by molar-refractivity contribution is 0.491. The van der Waals surface area contributed by atoms with E-state index in [1.807, 2.05) is 0 Å². The molecule has 1 fully saturated rings. The first-order valence-corrected chi connectivity index (χ1v) is 9.96. The second-order valence-corrected chi connectivity index (χ2v) is 8.96. The van der Waals surface area contributed by atoms with Gasteiger partial charge in [-0.1, -0.05) is 81.7 Å². The molecule has 3 rings (SSSR count). The maximum absolute atomic E-state index is 2.57. The lowest BCUT2D eigenvalue weighted by atomic mass is 9.86. The predicted octanol–water partition coefficient (Wildman–Crippen LogP) is 7.00. The Bertz CT molecular complexity index is 606. The summed E-state index contributed by atoms with van der Waals surface area (Å²) in [6.07, 6.45) is 14.4. The van der Waals surface area contributed by atoms with Crippen LogP contribution in [0.4, 0.5) is 0 Å². The van der Waals surface area contributed by atoms with Crippen molar-refractivity contribution in [3.8, 4) is 0 Å². The number of benzene rings is 1. The molecule has 0 spiro atoms. The third-order valence-corrected chi connectivity index (χ3v) is 5.85. The lowest BCUT2D eigenvalue weighted by Crippen LogP contribution is -2.10. The summed E-state index contributed by atoms with van der Waals surface area (Å²) in [4.78, 5) is 0. The number of aryl methyl sites for hydroxylation is 1. The van der Waals surface area contributed by atoms with E-state index in [2.05, 4.69) is 64.1 Å². The molecule has 0 aliphatic heterocycles. The van der Waals surface area contributed by atoms with Gasteiger partial charge in [-0.25, -0.2) is 0 Å². The maximum atomic E-state index is 2.57. The Labute approximate surface area is 149 Å². The Morgan fingerprint density at radius 2 is 1.79 bits per heavy atom. The molecular weight excluding hydrogens is 288 g/mol. The number of hydrogen-bond donors (Lipinski definition) is 0. The van der Waals surface area contributed by atoms with E-state index < -0.39 is 0 Å². The molecule has 130 valence electrons.